The van der Waals surface area contributed by atoms with Crippen LogP contribution in [0.5, 0.6) is 0 Å². The number of halogens is 2. The molecule has 2 aromatic carbocycles. The van der Waals surface area contributed by atoms with Gasteiger partial charge in [0, 0.05) is 30.8 Å². The maximum atomic E-state index is 13.1. The summed E-state index contributed by atoms with van der Waals surface area (Å²) >= 11 is 12.2. The number of nitrogens with zero attached hydrogens (tertiary/aromatic N) is 4. The van der Waals surface area contributed by atoms with E-state index in [1.165, 1.54) is 12.1 Å². The van der Waals surface area contributed by atoms with Crippen LogP contribution in [-0.2, 0) is 0 Å². The van der Waals surface area contributed by atoms with E-state index in [4.69, 9.17) is 23.2 Å². The molecule has 1 amide bonds. The number of hydrogen-bond acceptors (Lipinski definition) is 4. The molecule has 1 saturated heterocycles. The molecule has 0 unspecified atom stereocenters. The fourth-order valence-electron chi connectivity index (χ4n) is 3.32. The van der Waals surface area contributed by atoms with E-state index in [0.29, 0.717) is 45.8 Å². The SMILES string of the molecule is O=C(c1cc(-c2ccc([N+](=O)[O-])cc2)nn1-c1ccc(Cl)c(Cl)c1)N1CCCC1. The van der Waals surface area contributed by atoms with Crippen LogP contribution in [0, 0.1) is 10.1 Å². The van der Waals surface area contributed by atoms with Crippen LogP contribution in [-0.4, -0.2) is 38.6 Å². The standard InChI is InChI=1S/C20H16Cl2N4O3/c21-16-8-7-15(11-17(16)22)25-19(20(27)24-9-1-2-10-24)12-18(23-25)13-3-5-14(6-4-13)26(28)29/h3-8,11-12H,1-2,9-10H2. The van der Waals surface area contributed by atoms with E-state index in [0.717, 1.165) is 12.8 Å². The average molecular weight is 431 g/mol. The highest BCUT2D eigenvalue weighted by molar-refractivity contribution is 6.42. The summed E-state index contributed by atoms with van der Waals surface area (Å²) in [5, 5.41) is 16.3. The monoisotopic (exact) mass is 430 g/mol. The summed E-state index contributed by atoms with van der Waals surface area (Å²) in [6, 6.07) is 12.8. The zero-order valence-corrected chi connectivity index (χ0v) is 16.7. The molecule has 148 valence electrons. The van der Waals surface area contributed by atoms with Crippen molar-refractivity contribution in [1.82, 2.24) is 14.7 Å². The van der Waals surface area contributed by atoms with Crippen molar-refractivity contribution in [2.24, 2.45) is 0 Å². The third-order valence-corrected chi connectivity index (χ3v) is 5.58. The number of benzene rings is 2. The van der Waals surface area contributed by atoms with Gasteiger partial charge in [-0.3, -0.25) is 14.9 Å². The molecule has 2 heterocycles. The number of amides is 1. The van der Waals surface area contributed by atoms with Crippen LogP contribution in [0.25, 0.3) is 16.9 Å². The Bertz CT molecular complexity index is 1090. The summed E-state index contributed by atoms with van der Waals surface area (Å²) in [7, 11) is 0. The Labute approximate surface area is 176 Å². The maximum absolute atomic E-state index is 13.1. The summed E-state index contributed by atoms with van der Waals surface area (Å²) in [4.78, 5) is 25.3. The highest BCUT2D eigenvalue weighted by Crippen LogP contribution is 2.28. The molecule has 0 bridgehead atoms. The van der Waals surface area contributed by atoms with Gasteiger partial charge in [0.2, 0.25) is 0 Å². The number of nitro groups is 1. The van der Waals surface area contributed by atoms with Gasteiger partial charge in [-0.15, -0.1) is 0 Å². The number of carbonyl (C=O) groups excluding carboxylic acids is 1. The van der Waals surface area contributed by atoms with Crippen molar-refractivity contribution in [1.29, 1.82) is 0 Å². The van der Waals surface area contributed by atoms with Gasteiger partial charge in [0.25, 0.3) is 11.6 Å². The molecule has 1 aliphatic rings. The van der Waals surface area contributed by atoms with Crippen molar-refractivity contribution in [2.75, 3.05) is 13.1 Å². The summed E-state index contributed by atoms with van der Waals surface area (Å²) < 4.78 is 1.54. The molecular weight excluding hydrogens is 415 g/mol. The molecule has 9 heteroatoms. The van der Waals surface area contributed by atoms with Gasteiger partial charge >= 0.3 is 0 Å². The minimum absolute atomic E-state index is 0.00830. The van der Waals surface area contributed by atoms with Crippen LogP contribution in [0.1, 0.15) is 23.3 Å². The molecular formula is C20H16Cl2N4O3. The summed E-state index contributed by atoms with van der Waals surface area (Å²) in [5.41, 5.74) is 2.21. The van der Waals surface area contributed by atoms with E-state index >= 15 is 0 Å². The lowest BCUT2D eigenvalue weighted by Gasteiger charge is -2.16. The quantitative estimate of drug-likeness (QED) is 0.431. The third kappa shape index (κ3) is 3.83. The zero-order chi connectivity index (χ0) is 20.5. The topological polar surface area (TPSA) is 81.3 Å². The second kappa shape index (κ2) is 7.85. The normalized spacial score (nSPS) is 13.7. The van der Waals surface area contributed by atoms with Crippen LogP contribution in [0.15, 0.2) is 48.5 Å². The maximum Gasteiger partial charge on any atom is 0.272 e. The number of nitro benzene ring substituents is 1. The average Bonchev–Trinajstić information content (AvgIpc) is 3.40. The minimum atomic E-state index is -0.458. The fraction of sp³-hybridized carbons (Fsp3) is 0.200. The van der Waals surface area contributed by atoms with Gasteiger partial charge in [-0.05, 0) is 49.2 Å². The Balaban J connectivity index is 1.80. The van der Waals surface area contributed by atoms with E-state index in [2.05, 4.69) is 5.10 Å². The number of hydrogen-bond donors (Lipinski definition) is 0. The zero-order valence-electron chi connectivity index (χ0n) is 15.2. The number of aromatic nitrogens is 2. The molecule has 0 spiro atoms. The fourth-order valence-corrected chi connectivity index (χ4v) is 3.62. The van der Waals surface area contributed by atoms with Crippen LogP contribution >= 0.6 is 23.2 Å². The van der Waals surface area contributed by atoms with Crippen LogP contribution in [0.4, 0.5) is 5.69 Å². The summed E-state index contributed by atoms with van der Waals surface area (Å²) in [5.74, 6) is -0.116. The van der Waals surface area contributed by atoms with Crippen LogP contribution in [0.2, 0.25) is 10.0 Å². The van der Waals surface area contributed by atoms with E-state index in [-0.39, 0.29) is 11.6 Å². The molecule has 29 heavy (non-hydrogen) atoms. The molecule has 0 atom stereocenters. The third-order valence-electron chi connectivity index (χ3n) is 4.84. The molecule has 7 nitrogen and oxygen atoms in total. The number of non-ortho nitro benzene ring substituents is 1. The Kier molecular flexibility index (Phi) is 5.25. The summed E-state index contributed by atoms with van der Waals surface area (Å²) in [6.45, 7) is 1.41. The van der Waals surface area contributed by atoms with Crippen LogP contribution in [0.3, 0.4) is 0 Å². The van der Waals surface area contributed by atoms with Crippen molar-refractivity contribution in [3.63, 3.8) is 0 Å². The first-order valence-electron chi connectivity index (χ1n) is 9.03. The molecule has 0 aliphatic carbocycles. The molecule has 0 saturated carbocycles. The number of likely N-dealkylation sites (tertiary alicyclic amines) is 1. The van der Waals surface area contributed by atoms with Crippen LogP contribution < -0.4 is 0 Å². The van der Waals surface area contributed by atoms with Gasteiger partial charge in [-0.1, -0.05) is 23.2 Å². The van der Waals surface area contributed by atoms with E-state index < -0.39 is 4.92 Å². The lowest BCUT2D eigenvalue weighted by atomic mass is 10.1. The van der Waals surface area contributed by atoms with Gasteiger partial charge in [0.05, 0.1) is 26.3 Å². The smallest absolute Gasteiger partial charge is 0.272 e. The molecule has 1 aliphatic heterocycles. The Morgan fingerprint density at radius 3 is 2.31 bits per heavy atom. The second-order valence-electron chi connectivity index (χ2n) is 6.73. The van der Waals surface area contributed by atoms with Gasteiger partial charge in [0.15, 0.2) is 0 Å². The van der Waals surface area contributed by atoms with E-state index in [1.54, 1.807) is 46.0 Å². The molecule has 0 N–H and O–H groups in total. The lowest BCUT2D eigenvalue weighted by Crippen LogP contribution is -2.29. The highest BCUT2D eigenvalue weighted by Gasteiger charge is 2.25. The van der Waals surface area contributed by atoms with Crippen molar-refractivity contribution in [3.8, 4) is 16.9 Å². The predicted octanol–water partition coefficient (Wildman–Crippen LogP) is 4.99. The number of carbonyl (C=O) groups is 1. The molecule has 3 aromatic rings. The molecule has 0 radical (unpaired) electrons. The van der Waals surface area contributed by atoms with Gasteiger partial charge < -0.3 is 4.90 Å². The first-order valence-corrected chi connectivity index (χ1v) is 9.79. The minimum Gasteiger partial charge on any atom is -0.337 e. The Hall–Kier alpha value is -2.90. The van der Waals surface area contributed by atoms with E-state index in [1.807, 2.05) is 0 Å². The second-order valence-corrected chi connectivity index (χ2v) is 7.54. The lowest BCUT2D eigenvalue weighted by molar-refractivity contribution is -0.384. The van der Waals surface area contributed by atoms with Crippen molar-refractivity contribution in [3.05, 3.63) is 74.4 Å². The van der Waals surface area contributed by atoms with Gasteiger partial charge in [0.1, 0.15) is 5.69 Å². The first kappa shape index (κ1) is 19.4. The van der Waals surface area contributed by atoms with Crippen molar-refractivity contribution in [2.45, 2.75) is 12.8 Å². The van der Waals surface area contributed by atoms with Crippen molar-refractivity contribution >= 4 is 34.8 Å². The predicted molar refractivity (Wildman–Crippen MR) is 111 cm³/mol. The van der Waals surface area contributed by atoms with Gasteiger partial charge in [-0.2, -0.15) is 5.10 Å². The Morgan fingerprint density at radius 1 is 1.00 bits per heavy atom. The molecule has 1 fully saturated rings. The molecule has 1 aromatic heterocycles. The number of rotatable bonds is 4. The highest BCUT2D eigenvalue weighted by atomic mass is 35.5. The molecule has 4 rings (SSSR count). The van der Waals surface area contributed by atoms with Gasteiger partial charge in [-0.25, -0.2) is 4.68 Å². The Morgan fingerprint density at radius 2 is 1.69 bits per heavy atom. The van der Waals surface area contributed by atoms with Crippen molar-refractivity contribution < 1.29 is 9.72 Å². The largest absolute Gasteiger partial charge is 0.337 e. The first-order chi connectivity index (χ1) is 13.9. The summed E-state index contributed by atoms with van der Waals surface area (Å²) in [6.07, 6.45) is 1.95. The van der Waals surface area contributed by atoms with E-state index in [9.17, 15) is 14.9 Å².